The molecule has 1 N–H and O–H groups in total. The van der Waals surface area contributed by atoms with E-state index in [0.29, 0.717) is 26.2 Å². The van der Waals surface area contributed by atoms with Gasteiger partial charge in [-0.3, -0.25) is 10.1 Å². The predicted molar refractivity (Wildman–Crippen MR) is 57.6 cm³/mol. The van der Waals surface area contributed by atoms with Crippen LogP contribution in [0.1, 0.15) is 19.3 Å². The Balaban J connectivity index is 2.72. The molecule has 0 aliphatic carbocycles. The van der Waals surface area contributed by atoms with Crippen LogP contribution in [0.15, 0.2) is 12.7 Å². The van der Waals surface area contributed by atoms with Gasteiger partial charge in [-0.1, -0.05) is 6.08 Å². The van der Waals surface area contributed by atoms with Crippen molar-refractivity contribution in [3.05, 3.63) is 12.7 Å². The molecule has 0 radical (unpaired) electrons. The third-order valence-electron chi connectivity index (χ3n) is 2.73. The van der Waals surface area contributed by atoms with Gasteiger partial charge < -0.3 is 9.47 Å². The summed E-state index contributed by atoms with van der Waals surface area (Å²) in [5.41, 5.74) is -0.584. The third-order valence-corrected chi connectivity index (χ3v) is 2.73. The van der Waals surface area contributed by atoms with Gasteiger partial charge in [0.2, 0.25) is 0 Å². The highest BCUT2D eigenvalue weighted by atomic mass is 16.5. The maximum absolute atomic E-state index is 11.8. The van der Waals surface area contributed by atoms with E-state index in [2.05, 4.69) is 11.9 Å². The van der Waals surface area contributed by atoms with Crippen molar-refractivity contribution in [3.63, 3.8) is 0 Å². The van der Waals surface area contributed by atoms with E-state index in [4.69, 9.17) is 9.47 Å². The van der Waals surface area contributed by atoms with Crippen LogP contribution in [0.2, 0.25) is 0 Å². The lowest BCUT2D eigenvalue weighted by Crippen LogP contribution is -2.53. The summed E-state index contributed by atoms with van der Waals surface area (Å²) in [6.45, 7) is 5.56. The first-order valence-electron chi connectivity index (χ1n) is 5.27. The SMILES string of the molecule is C=CCNC1(C(=O)OC)CCCOCC1. The Morgan fingerprint density at radius 1 is 1.60 bits per heavy atom. The maximum atomic E-state index is 11.8. The Kier molecular flexibility index (Phi) is 4.78. The first kappa shape index (κ1) is 12.2. The first-order valence-corrected chi connectivity index (χ1v) is 5.27. The largest absolute Gasteiger partial charge is 0.468 e. The fraction of sp³-hybridized carbons (Fsp3) is 0.727. The molecule has 1 unspecified atom stereocenters. The van der Waals surface area contributed by atoms with Gasteiger partial charge in [0.25, 0.3) is 0 Å². The van der Waals surface area contributed by atoms with Gasteiger partial charge in [-0.2, -0.15) is 0 Å². The van der Waals surface area contributed by atoms with Crippen LogP contribution in [0.3, 0.4) is 0 Å². The minimum atomic E-state index is -0.584. The number of rotatable bonds is 4. The zero-order valence-corrected chi connectivity index (χ0v) is 9.25. The molecule has 0 amide bonds. The van der Waals surface area contributed by atoms with Crippen molar-refractivity contribution >= 4 is 5.97 Å². The molecule has 15 heavy (non-hydrogen) atoms. The minimum Gasteiger partial charge on any atom is -0.468 e. The van der Waals surface area contributed by atoms with Crippen molar-refractivity contribution in [1.82, 2.24) is 5.32 Å². The summed E-state index contributed by atoms with van der Waals surface area (Å²) in [6.07, 6.45) is 4.04. The predicted octanol–water partition coefficient (Wildman–Crippen LogP) is 0.874. The average Bonchev–Trinajstić information content (AvgIpc) is 2.51. The average molecular weight is 213 g/mol. The van der Waals surface area contributed by atoms with Gasteiger partial charge in [0, 0.05) is 19.8 Å². The molecular formula is C11H19NO3. The summed E-state index contributed by atoms with van der Waals surface area (Å²) in [5, 5.41) is 3.20. The number of ether oxygens (including phenoxy) is 2. The number of hydrogen-bond donors (Lipinski definition) is 1. The zero-order chi connectivity index (χ0) is 11.1. The summed E-state index contributed by atoms with van der Waals surface area (Å²) < 4.78 is 10.2. The van der Waals surface area contributed by atoms with Crippen LogP contribution in [-0.4, -0.2) is 38.4 Å². The molecule has 1 aliphatic rings. The normalized spacial score (nSPS) is 26.7. The Morgan fingerprint density at radius 2 is 2.40 bits per heavy atom. The monoisotopic (exact) mass is 213 g/mol. The Bertz CT molecular complexity index is 220. The van der Waals surface area contributed by atoms with E-state index in [0.717, 1.165) is 12.8 Å². The lowest BCUT2D eigenvalue weighted by Gasteiger charge is -2.29. The van der Waals surface area contributed by atoms with Crippen LogP contribution >= 0.6 is 0 Å². The molecule has 86 valence electrons. The van der Waals surface area contributed by atoms with E-state index in [1.165, 1.54) is 7.11 Å². The molecule has 0 saturated carbocycles. The first-order chi connectivity index (χ1) is 7.25. The lowest BCUT2D eigenvalue weighted by molar-refractivity contribution is -0.149. The van der Waals surface area contributed by atoms with E-state index in [1.54, 1.807) is 6.08 Å². The van der Waals surface area contributed by atoms with Gasteiger partial charge in [-0.15, -0.1) is 6.58 Å². The van der Waals surface area contributed by atoms with Crippen LogP contribution < -0.4 is 5.32 Å². The molecule has 1 fully saturated rings. The van der Waals surface area contributed by atoms with Crippen LogP contribution in [0, 0.1) is 0 Å². The number of carbonyl (C=O) groups is 1. The fourth-order valence-electron chi connectivity index (χ4n) is 1.87. The number of methoxy groups -OCH3 is 1. The molecule has 0 aromatic rings. The van der Waals surface area contributed by atoms with Gasteiger partial charge in [0.1, 0.15) is 5.54 Å². The number of esters is 1. The standard InChI is InChI=1S/C11H19NO3/c1-3-7-12-11(10(13)14-2)5-4-8-15-9-6-11/h3,12H,1,4-9H2,2H3. The van der Waals surface area contributed by atoms with Crippen molar-refractivity contribution in [2.75, 3.05) is 26.9 Å². The van der Waals surface area contributed by atoms with Crippen molar-refractivity contribution in [3.8, 4) is 0 Å². The van der Waals surface area contributed by atoms with Gasteiger partial charge in [-0.25, -0.2) is 0 Å². The molecule has 0 aromatic carbocycles. The van der Waals surface area contributed by atoms with Gasteiger partial charge in [-0.05, 0) is 19.3 Å². The smallest absolute Gasteiger partial charge is 0.326 e. The number of carbonyl (C=O) groups excluding carboxylic acids is 1. The summed E-state index contributed by atoms with van der Waals surface area (Å²) >= 11 is 0. The quantitative estimate of drug-likeness (QED) is 0.556. The van der Waals surface area contributed by atoms with Crippen LogP contribution in [0.4, 0.5) is 0 Å². The van der Waals surface area contributed by atoms with Gasteiger partial charge in [0.15, 0.2) is 0 Å². The Labute approximate surface area is 90.6 Å². The highest BCUT2D eigenvalue weighted by Crippen LogP contribution is 2.22. The fourth-order valence-corrected chi connectivity index (χ4v) is 1.87. The third kappa shape index (κ3) is 3.04. The van der Waals surface area contributed by atoms with Crippen LogP contribution in [-0.2, 0) is 14.3 Å². The molecule has 0 aromatic heterocycles. The molecule has 4 heteroatoms. The Hall–Kier alpha value is -0.870. The van der Waals surface area contributed by atoms with E-state index >= 15 is 0 Å². The zero-order valence-electron chi connectivity index (χ0n) is 9.25. The molecule has 0 bridgehead atoms. The van der Waals surface area contributed by atoms with Crippen LogP contribution in [0.25, 0.3) is 0 Å². The highest BCUT2D eigenvalue weighted by molar-refractivity contribution is 5.80. The second-order valence-electron chi connectivity index (χ2n) is 3.71. The van der Waals surface area contributed by atoms with Crippen molar-refractivity contribution in [2.24, 2.45) is 0 Å². The summed E-state index contributed by atoms with van der Waals surface area (Å²) in [5.74, 6) is -0.199. The molecule has 4 nitrogen and oxygen atoms in total. The minimum absolute atomic E-state index is 0.199. The van der Waals surface area contributed by atoms with Crippen molar-refractivity contribution in [1.29, 1.82) is 0 Å². The van der Waals surface area contributed by atoms with Crippen molar-refractivity contribution in [2.45, 2.75) is 24.8 Å². The summed E-state index contributed by atoms with van der Waals surface area (Å²) in [4.78, 5) is 11.8. The molecule has 1 rings (SSSR count). The number of nitrogens with one attached hydrogen (secondary N) is 1. The molecule has 1 heterocycles. The van der Waals surface area contributed by atoms with E-state index in [-0.39, 0.29) is 5.97 Å². The van der Waals surface area contributed by atoms with Gasteiger partial charge in [0.05, 0.1) is 7.11 Å². The van der Waals surface area contributed by atoms with Gasteiger partial charge >= 0.3 is 5.97 Å². The molecule has 1 aliphatic heterocycles. The molecule has 1 atom stereocenters. The topological polar surface area (TPSA) is 47.6 Å². The lowest BCUT2D eigenvalue weighted by atomic mass is 9.90. The second kappa shape index (κ2) is 5.88. The van der Waals surface area contributed by atoms with E-state index < -0.39 is 5.54 Å². The Morgan fingerprint density at radius 3 is 3.07 bits per heavy atom. The van der Waals surface area contributed by atoms with E-state index in [1.807, 2.05) is 0 Å². The summed E-state index contributed by atoms with van der Waals surface area (Å²) in [7, 11) is 1.42. The van der Waals surface area contributed by atoms with Crippen molar-refractivity contribution < 1.29 is 14.3 Å². The molecule has 1 saturated heterocycles. The summed E-state index contributed by atoms with van der Waals surface area (Å²) in [6, 6.07) is 0. The second-order valence-corrected chi connectivity index (χ2v) is 3.71. The van der Waals surface area contributed by atoms with E-state index in [9.17, 15) is 4.79 Å². The molecular weight excluding hydrogens is 194 g/mol. The number of hydrogen-bond acceptors (Lipinski definition) is 4. The highest BCUT2D eigenvalue weighted by Gasteiger charge is 2.39. The maximum Gasteiger partial charge on any atom is 0.326 e. The van der Waals surface area contributed by atoms with Crippen LogP contribution in [0.5, 0.6) is 0 Å². The molecule has 0 spiro atoms.